The highest BCUT2D eigenvalue weighted by Crippen LogP contribution is 2.31. The third-order valence-electron chi connectivity index (χ3n) is 3.02. The number of carbonyl (C=O) groups is 1. The highest BCUT2D eigenvalue weighted by molar-refractivity contribution is 6.30. The molecule has 1 heterocycles. The summed E-state index contributed by atoms with van der Waals surface area (Å²) in [5.41, 5.74) is 0.618. The van der Waals surface area contributed by atoms with Gasteiger partial charge in [0.15, 0.2) is 6.61 Å². The lowest BCUT2D eigenvalue weighted by Gasteiger charge is -2.18. The summed E-state index contributed by atoms with van der Waals surface area (Å²) < 4.78 is 16.4. The van der Waals surface area contributed by atoms with Crippen LogP contribution in [0, 0.1) is 0 Å². The number of fused-ring (bicyclic) bond motifs is 1. The second kappa shape index (κ2) is 6.58. The van der Waals surface area contributed by atoms with Crippen molar-refractivity contribution in [2.45, 2.75) is 0 Å². The van der Waals surface area contributed by atoms with Crippen LogP contribution in [0.1, 0.15) is 0 Å². The number of hydrogen-bond acceptors (Lipinski definition) is 4. The number of hydrogen-bond donors (Lipinski definition) is 1. The van der Waals surface area contributed by atoms with E-state index in [1.165, 1.54) is 0 Å². The number of halogens is 1. The first-order valence-corrected chi connectivity index (χ1v) is 7.16. The maximum absolute atomic E-state index is 11.3. The average Bonchev–Trinajstić information content (AvgIpc) is 2.53. The van der Waals surface area contributed by atoms with Crippen molar-refractivity contribution in [2.75, 3.05) is 25.1 Å². The Morgan fingerprint density at radius 2 is 1.73 bits per heavy atom. The zero-order valence-electron chi connectivity index (χ0n) is 11.7. The lowest BCUT2D eigenvalue weighted by molar-refractivity contribution is -0.118. The molecule has 0 aromatic heterocycles. The molecule has 22 heavy (non-hydrogen) atoms. The molecule has 2 aromatic rings. The number of benzene rings is 2. The molecule has 1 N–H and O–H groups in total. The van der Waals surface area contributed by atoms with Gasteiger partial charge < -0.3 is 19.5 Å². The minimum atomic E-state index is -0.171. The summed E-state index contributed by atoms with van der Waals surface area (Å²) >= 11 is 5.80. The Morgan fingerprint density at radius 1 is 1.05 bits per heavy atom. The Morgan fingerprint density at radius 3 is 2.50 bits per heavy atom. The summed E-state index contributed by atoms with van der Waals surface area (Å²) in [6, 6.07) is 12.4. The summed E-state index contributed by atoms with van der Waals surface area (Å²) in [5, 5.41) is 3.40. The second-order valence-electron chi connectivity index (χ2n) is 4.65. The number of anilines is 1. The van der Waals surface area contributed by atoms with Crippen LogP contribution >= 0.6 is 11.6 Å². The first kappa shape index (κ1) is 14.5. The van der Waals surface area contributed by atoms with Gasteiger partial charge in [-0.1, -0.05) is 11.6 Å². The van der Waals surface area contributed by atoms with Gasteiger partial charge in [-0.15, -0.1) is 0 Å². The van der Waals surface area contributed by atoms with Crippen molar-refractivity contribution in [3.8, 4) is 17.2 Å². The summed E-state index contributed by atoms with van der Waals surface area (Å²) in [5.74, 6) is 1.85. The summed E-state index contributed by atoms with van der Waals surface area (Å²) in [4.78, 5) is 11.3. The molecule has 0 fully saturated rings. The molecule has 0 atom stereocenters. The smallest absolute Gasteiger partial charge is 0.262 e. The van der Waals surface area contributed by atoms with Gasteiger partial charge in [0, 0.05) is 11.1 Å². The van der Waals surface area contributed by atoms with E-state index in [0.717, 1.165) is 5.75 Å². The average molecular weight is 320 g/mol. The zero-order chi connectivity index (χ0) is 15.4. The predicted molar refractivity (Wildman–Crippen MR) is 83.0 cm³/mol. The summed E-state index contributed by atoms with van der Waals surface area (Å²) in [6.07, 6.45) is 0. The first-order chi connectivity index (χ1) is 10.7. The third-order valence-corrected chi connectivity index (χ3v) is 3.27. The van der Waals surface area contributed by atoms with E-state index in [0.29, 0.717) is 35.4 Å². The molecule has 2 aromatic carbocycles. The van der Waals surface area contributed by atoms with Gasteiger partial charge in [-0.05, 0) is 36.4 Å². The Hall–Kier alpha value is -2.40. The molecule has 6 heteroatoms. The van der Waals surface area contributed by atoms with Gasteiger partial charge in [-0.25, -0.2) is 0 Å². The Kier molecular flexibility index (Phi) is 4.34. The van der Waals surface area contributed by atoms with Gasteiger partial charge in [0.05, 0.1) is 5.69 Å². The Bertz CT molecular complexity index is 672. The monoisotopic (exact) mass is 319 g/mol. The second-order valence-corrected chi connectivity index (χ2v) is 5.08. The van der Waals surface area contributed by atoms with Gasteiger partial charge in [0.2, 0.25) is 0 Å². The molecule has 0 unspecified atom stereocenters. The number of carbonyl (C=O) groups excluding carboxylic acids is 1. The number of amides is 1. The van der Waals surface area contributed by atoms with Crippen LogP contribution < -0.4 is 19.5 Å². The fourth-order valence-corrected chi connectivity index (χ4v) is 2.13. The van der Waals surface area contributed by atoms with Crippen molar-refractivity contribution < 1.29 is 19.0 Å². The molecule has 0 spiro atoms. The van der Waals surface area contributed by atoms with Crippen LogP contribution in [0.2, 0.25) is 5.02 Å². The maximum atomic E-state index is 11.3. The molecule has 114 valence electrons. The SMILES string of the molecule is O=C1COc2ccc(OCCOc3ccc(Cl)cc3)cc2N1. The molecule has 5 nitrogen and oxygen atoms in total. The standard InChI is InChI=1S/C16H14ClNO4/c17-11-1-3-12(4-2-11)20-7-8-21-13-5-6-15-14(9-13)18-16(19)10-22-15/h1-6,9H,7-8,10H2,(H,18,19). The van der Waals surface area contributed by atoms with E-state index >= 15 is 0 Å². The van der Waals surface area contributed by atoms with E-state index in [-0.39, 0.29) is 12.5 Å². The van der Waals surface area contributed by atoms with E-state index < -0.39 is 0 Å². The van der Waals surface area contributed by atoms with Crippen LogP contribution in [0.15, 0.2) is 42.5 Å². The number of rotatable bonds is 5. The Balaban J connectivity index is 1.50. The van der Waals surface area contributed by atoms with Crippen molar-refractivity contribution in [1.82, 2.24) is 0 Å². The molecule has 0 saturated carbocycles. The van der Waals surface area contributed by atoms with E-state index in [4.69, 9.17) is 25.8 Å². The number of nitrogens with one attached hydrogen (secondary N) is 1. The zero-order valence-corrected chi connectivity index (χ0v) is 12.4. The topological polar surface area (TPSA) is 56.8 Å². The van der Waals surface area contributed by atoms with E-state index in [1.807, 2.05) is 0 Å². The molecule has 0 radical (unpaired) electrons. The summed E-state index contributed by atoms with van der Waals surface area (Å²) in [6.45, 7) is 0.833. The van der Waals surface area contributed by atoms with Crippen LogP contribution in [0.3, 0.4) is 0 Å². The van der Waals surface area contributed by atoms with E-state index in [2.05, 4.69) is 5.32 Å². The molecule has 1 aliphatic rings. The minimum Gasteiger partial charge on any atom is -0.490 e. The van der Waals surface area contributed by atoms with Gasteiger partial charge in [0.1, 0.15) is 30.5 Å². The predicted octanol–water partition coefficient (Wildman–Crippen LogP) is 3.13. The van der Waals surface area contributed by atoms with E-state index in [9.17, 15) is 4.79 Å². The van der Waals surface area contributed by atoms with E-state index in [1.54, 1.807) is 42.5 Å². The first-order valence-electron chi connectivity index (χ1n) is 6.78. The number of ether oxygens (including phenoxy) is 3. The van der Waals surface area contributed by atoms with Crippen LogP contribution in [-0.4, -0.2) is 25.7 Å². The molecular formula is C16H14ClNO4. The quantitative estimate of drug-likeness (QED) is 0.860. The minimum absolute atomic E-state index is 0.0438. The van der Waals surface area contributed by atoms with Crippen molar-refractivity contribution >= 4 is 23.2 Å². The summed E-state index contributed by atoms with van der Waals surface area (Å²) in [7, 11) is 0. The molecule has 1 amide bonds. The lowest BCUT2D eigenvalue weighted by atomic mass is 10.2. The largest absolute Gasteiger partial charge is 0.490 e. The highest BCUT2D eigenvalue weighted by Gasteiger charge is 2.16. The van der Waals surface area contributed by atoms with Gasteiger partial charge >= 0.3 is 0 Å². The van der Waals surface area contributed by atoms with Crippen molar-refractivity contribution in [2.24, 2.45) is 0 Å². The van der Waals surface area contributed by atoms with Crippen LogP contribution in [0.25, 0.3) is 0 Å². The van der Waals surface area contributed by atoms with Gasteiger partial charge in [0.25, 0.3) is 5.91 Å². The van der Waals surface area contributed by atoms with Gasteiger partial charge in [-0.2, -0.15) is 0 Å². The molecule has 0 bridgehead atoms. The molecule has 1 aliphatic heterocycles. The molecule has 0 aliphatic carbocycles. The highest BCUT2D eigenvalue weighted by atomic mass is 35.5. The lowest BCUT2D eigenvalue weighted by Crippen LogP contribution is -2.25. The third kappa shape index (κ3) is 3.62. The van der Waals surface area contributed by atoms with Crippen molar-refractivity contribution in [1.29, 1.82) is 0 Å². The maximum Gasteiger partial charge on any atom is 0.262 e. The van der Waals surface area contributed by atoms with Crippen molar-refractivity contribution in [3.63, 3.8) is 0 Å². The molecule has 0 saturated heterocycles. The normalized spacial score (nSPS) is 12.9. The fraction of sp³-hybridized carbons (Fsp3) is 0.188. The van der Waals surface area contributed by atoms with Crippen LogP contribution in [0.4, 0.5) is 5.69 Å². The van der Waals surface area contributed by atoms with Crippen LogP contribution in [0.5, 0.6) is 17.2 Å². The Labute approximate surface area is 132 Å². The fourth-order valence-electron chi connectivity index (χ4n) is 2.00. The van der Waals surface area contributed by atoms with Crippen LogP contribution in [-0.2, 0) is 4.79 Å². The van der Waals surface area contributed by atoms with Crippen molar-refractivity contribution in [3.05, 3.63) is 47.5 Å². The van der Waals surface area contributed by atoms with Gasteiger partial charge in [-0.3, -0.25) is 4.79 Å². The molecular weight excluding hydrogens is 306 g/mol. The molecule has 3 rings (SSSR count).